The summed E-state index contributed by atoms with van der Waals surface area (Å²) in [5.41, 5.74) is 0.754. The van der Waals surface area contributed by atoms with Crippen LogP contribution in [0.2, 0.25) is 0 Å². The lowest BCUT2D eigenvalue weighted by Crippen LogP contribution is -2.43. The molecule has 3 N–H and O–H groups in total. The van der Waals surface area contributed by atoms with Crippen molar-refractivity contribution in [1.29, 1.82) is 0 Å². The van der Waals surface area contributed by atoms with E-state index in [1.54, 1.807) is 0 Å². The van der Waals surface area contributed by atoms with Crippen LogP contribution >= 0.6 is 0 Å². The van der Waals surface area contributed by atoms with Gasteiger partial charge in [0, 0.05) is 6.42 Å². The second kappa shape index (κ2) is 7.42. The van der Waals surface area contributed by atoms with E-state index in [-0.39, 0.29) is 0 Å². The van der Waals surface area contributed by atoms with Crippen LogP contribution in [-0.2, 0) is 11.2 Å². The van der Waals surface area contributed by atoms with E-state index in [1.807, 2.05) is 18.2 Å². The van der Waals surface area contributed by atoms with Crippen LogP contribution in [0.15, 0.2) is 30.3 Å². The molecule has 0 amide bonds. The zero-order valence-electron chi connectivity index (χ0n) is 11.4. The summed E-state index contributed by atoms with van der Waals surface area (Å²) in [4.78, 5) is 8.90. The smallest absolute Gasteiger partial charge is 0.475 e. The van der Waals surface area contributed by atoms with Crippen LogP contribution in [-0.4, -0.2) is 41.0 Å². The van der Waals surface area contributed by atoms with E-state index in [9.17, 15) is 18.3 Å². The van der Waals surface area contributed by atoms with Crippen LogP contribution in [0.3, 0.4) is 0 Å². The summed E-state index contributed by atoms with van der Waals surface area (Å²) in [7, 11) is 0. The van der Waals surface area contributed by atoms with Crippen molar-refractivity contribution in [3.05, 3.63) is 35.9 Å². The largest absolute Gasteiger partial charge is 0.490 e. The predicted octanol–water partition coefficient (Wildman–Crippen LogP) is 1.98. The standard InChI is InChI=1S/C12H17NO.C2HF3O2/c14-12(6-8-13-9-7-12)10-11-4-2-1-3-5-11;3-2(4,5)1(6)7/h1-5,13-14H,6-10H2;(H,6,7). The molecule has 1 saturated heterocycles. The lowest BCUT2D eigenvalue weighted by molar-refractivity contribution is -0.192. The van der Waals surface area contributed by atoms with Crippen molar-refractivity contribution < 1.29 is 28.2 Å². The summed E-state index contributed by atoms with van der Waals surface area (Å²) in [5.74, 6) is -2.76. The van der Waals surface area contributed by atoms with Crippen LogP contribution in [0, 0.1) is 0 Å². The van der Waals surface area contributed by atoms with Crippen LogP contribution in [0.25, 0.3) is 0 Å². The average molecular weight is 305 g/mol. The van der Waals surface area contributed by atoms with Crippen molar-refractivity contribution in [3.63, 3.8) is 0 Å². The average Bonchev–Trinajstić information content (AvgIpc) is 2.39. The first-order valence-corrected chi connectivity index (χ1v) is 6.50. The normalized spacial score (nSPS) is 17.5. The Balaban J connectivity index is 0.000000270. The summed E-state index contributed by atoms with van der Waals surface area (Å²) in [5, 5.41) is 20.7. The third-order valence-corrected chi connectivity index (χ3v) is 3.15. The van der Waals surface area contributed by atoms with E-state index in [4.69, 9.17) is 9.90 Å². The van der Waals surface area contributed by atoms with Gasteiger partial charge in [0.05, 0.1) is 5.60 Å². The van der Waals surface area contributed by atoms with Gasteiger partial charge in [-0.15, -0.1) is 0 Å². The molecule has 118 valence electrons. The summed E-state index contributed by atoms with van der Waals surface area (Å²) in [6, 6.07) is 10.2. The fraction of sp³-hybridized carbons (Fsp3) is 0.500. The SMILES string of the molecule is O=C(O)C(F)(F)F.OC1(Cc2ccccc2)CCNCC1. The summed E-state index contributed by atoms with van der Waals surface area (Å²) < 4.78 is 31.7. The Morgan fingerprint density at radius 2 is 1.67 bits per heavy atom. The van der Waals surface area contributed by atoms with Gasteiger partial charge in [-0.05, 0) is 31.5 Å². The molecule has 1 fully saturated rings. The van der Waals surface area contributed by atoms with Gasteiger partial charge in [0.1, 0.15) is 0 Å². The van der Waals surface area contributed by atoms with Gasteiger partial charge < -0.3 is 15.5 Å². The van der Waals surface area contributed by atoms with Crippen LogP contribution < -0.4 is 5.32 Å². The fourth-order valence-electron chi connectivity index (χ4n) is 2.04. The fourth-order valence-corrected chi connectivity index (χ4v) is 2.04. The maximum atomic E-state index is 10.6. The minimum atomic E-state index is -5.08. The van der Waals surface area contributed by atoms with Crippen molar-refractivity contribution in [2.75, 3.05) is 13.1 Å². The Hall–Kier alpha value is -1.60. The molecule has 0 unspecified atom stereocenters. The molecule has 0 radical (unpaired) electrons. The van der Waals surface area contributed by atoms with Gasteiger partial charge in [-0.1, -0.05) is 30.3 Å². The number of carboxylic acid groups (broad SMARTS) is 1. The first-order valence-electron chi connectivity index (χ1n) is 6.50. The monoisotopic (exact) mass is 305 g/mol. The summed E-state index contributed by atoms with van der Waals surface area (Å²) in [6.45, 7) is 1.87. The van der Waals surface area contributed by atoms with Crippen molar-refractivity contribution in [2.45, 2.75) is 31.0 Å². The zero-order valence-corrected chi connectivity index (χ0v) is 11.4. The second-order valence-electron chi connectivity index (χ2n) is 4.94. The number of halogens is 3. The maximum Gasteiger partial charge on any atom is 0.490 e. The summed E-state index contributed by atoms with van der Waals surface area (Å²) in [6.07, 6.45) is -2.57. The molecule has 4 nitrogen and oxygen atoms in total. The van der Waals surface area contributed by atoms with E-state index in [2.05, 4.69) is 17.4 Å². The molecule has 7 heteroatoms. The first-order chi connectivity index (χ1) is 9.73. The number of hydrogen-bond acceptors (Lipinski definition) is 3. The number of benzene rings is 1. The van der Waals surface area contributed by atoms with Gasteiger partial charge in [-0.2, -0.15) is 13.2 Å². The minimum Gasteiger partial charge on any atom is -0.475 e. The second-order valence-corrected chi connectivity index (χ2v) is 4.94. The molecule has 0 saturated carbocycles. The van der Waals surface area contributed by atoms with E-state index in [0.717, 1.165) is 32.4 Å². The first kappa shape index (κ1) is 17.5. The van der Waals surface area contributed by atoms with Crippen LogP contribution in [0.4, 0.5) is 13.2 Å². The number of carbonyl (C=O) groups is 1. The Bertz CT molecular complexity index is 443. The van der Waals surface area contributed by atoms with Gasteiger partial charge in [-0.3, -0.25) is 0 Å². The van der Waals surface area contributed by atoms with Crippen molar-refractivity contribution in [2.24, 2.45) is 0 Å². The number of rotatable bonds is 2. The van der Waals surface area contributed by atoms with Crippen molar-refractivity contribution in [3.8, 4) is 0 Å². The predicted molar refractivity (Wildman–Crippen MR) is 70.9 cm³/mol. The van der Waals surface area contributed by atoms with Crippen molar-refractivity contribution >= 4 is 5.97 Å². The van der Waals surface area contributed by atoms with Gasteiger partial charge in [0.25, 0.3) is 0 Å². The zero-order chi connectivity index (χ0) is 15.9. The third-order valence-electron chi connectivity index (χ3n) is 3.15. The Labute approximate surface area is 120 Å². The molecule has 0 aromatic heterocycles. The maximum absolute atomic E-state index is 10.6. The number of alkyl halides is 3. The number of piperidine rings is 1. The van der Waals surface area contributed by atoms with Crippen LogP contribution in [0.1, 0.15) is 18.4 Å². The highest BCUT2D eigenvalue weighted by atomic mass is 19.4. The molecule has 0 atom stereocenters. The lowest BCUT2D eigenvalue weighted by Gasteiger charge is -2.32. The molecule has 21 heavy (non-hydrogen) atoms. The highest BCUT2D eigenvalue weighted by molar-refractivity contribution is 5.73. The van der Waals surface area contributed by atoms with E-state index >= 15 is 0 Å². The highest BCUT2D eigenvalue weighted by Gasteiger charge is 2.38. The molecule has 1 heterocycles. The molecule has 1 aromatic rings. The molecule has 1 aliphatic heterocycles. The number of aliphatic hydroxyl groups is 1. The van der Waals surface area contributed by atoms with E-state index in [1.165, 1.54) is 5.56 Å². The topological polar surface area (TPSA) is 69.6 Å². The lowest BCUT2D eigenvalue weighted by atomic mass is 9.86. The molecule has 2 rings (SSSR count). The number of aliphatic carboxylic acids is 1. The molecule has 0 aliphatic carbocycles. The van der Waals surface area contributed by atoms with Crippen LogP contribution in [0.5, 0.6) is 0 Å². The van der Waals surface area contributed by atoms with Gasteiger partial charge in [0.2, 0.25) is 0 Å². The number of hydrogen-bond donors (Lipinski definition) is 3. The van der Waals surface area contributed by atoms with Gasteiger partial charge >= 0.3 is 12.1 Å². The summed E-state index contributed by atoms with van der Waals surface area (Å²) >= 11 is 0. The molecular weight excluding hydrogens is 287 g/mol. The van der Waals surface area contributed by atoms with Crippen molar-refractivity contribution in [1.82, 2.24) is 5.32 Å². The Kier molecular flexibility index (Phi) is 6.17. The minimum absolute atomic E-state index is 0.480. The molecule has 1 aromatic carbocycles. The Morgan fingerprint density at radius 3 is 2.10 bits per heavy atom. The molecular formula is C14H18F3NO3. The Morgan fingerprint density at radius 1 is 1.19 bits per heavy atom. The molecule has 0 bridgehead atoms. The van der Waals surface area contributed by atoms with Gasteiger partial charge in [-0.25, -0.2) is 4.79 Å². The van der Waals surface area contributed by atoms with E-state index in [0.29, 0.717) is 0 Å². The van der Waals surface area contributed by atoms with Gasteiger partial charge in [0.15, 0.2) is 0 Å². The number of carboxylic acids is 1. The quantitative estimate of drug-likeness (QED) is 0.781. The number of nitrogens with one attached hydrogen (secondary N) is 1. The molecule has 0 spiro atoms. The molecule has 1 aliphatic rings. The van der Waals surface area contributed by atoms with E-state index < -0.39 is 17.7 Å². The third kappa shape index (κ3) is 6.59. The highest BCUT2D eigenvalue weighted by Crippen LogP contribution is 2.22.